The van der Waals surface area contributed by atoms with E-state index in [-0.39, 0.29) is 18.6 Å². The van der Waals surface area contributed by atoms with Crippen LogP contribution in [-0.4, -0.2) is 42.1 Å². The standard InChI is InChI=1S/C13H24N2O2S/c1-10-4-3-5-11(8-10)17-9-13(16)15(2)7-6-12(14)18/h10-11H,3-9H2,1-2H3,(H2,14,18). The Morgan fingerprint density at radius 1 is 1.50 bits per heavy atom. The van der Waals surface area contributed by atoms with Gasteiger partial charge < -0.3 is 15.4 Å². The molecule has 0 bridgehead atoms. The summed E-state index contributed by atoms with van der Waals surface area (Å²) in [7, 11) is 1.76. The second kappa shape index (κ2) is 7.69. The number of nitrogens with two attached hydrogens (primary N) is 1. The lowest BCUT2D eigenvalue weighted by molar-refractivity contribution is -0.137. The lowest BCUT2D eigenvalue weighted by atomic mass is 9.89. The molecular weight excluding hydrogens is 248 g/mol. The van der Waals surface area contributed by atoms with Crippen molar-refractivity contribution >= 4 is 23.1 Å². The normalized spacial score (nSPS) is 23.7. The molecule has 2 unspecified atom stereocenters. The molecule has 0 spiro atoms. The molecule has 5 heteroatoms. The zero-order valence-electron chi connectivity index (χ0n) is 11.4. The molecule has 18 heavy (non-hydrogen) atoms. The minimum Gasteiger partial charge on any atom is -0.393 e. The highest BCUT2D eigenvalue weighted by Gasteiger charge is 2.20. The molecule has 104 valence electrons. The number of carbonyl (C=O) groups excluding carboxylic acids is 1. The number of amides is 1. The summed E-state index contributed by atoms with van der Waals surface area (Å²) in [6.45, 7) is 2.98. The smallest absolute Gasteiger partial charge is 0.248 e. The van der Waals surface area contributed by atoms with E-state index < -0.39 is 0 Å². The summed E-state index contributed by atoms with van der Waals surface area (Å²) >= 11 is 4.79. The van der Waals surface area contributed by atoms with Gasteiger partial charge in [0.15, 0.2) is 0 Å². The Hall–Kier alpha value is -0.680. The van der Waals surface area contributed by atoms with Gasteiger partial charge in [0.2, 0.25) is 5.91 Å². The summed E-state index contributed by atoms with van der Waals surface area (Å²) in [5.41, 5.74) is 5.41. The van der Waals surface area contributed by atoms with Crippen LogP contribution < -0.4 is 5.73 Å². The lowest BCUT2D eigenvalue weighted by Crippen LogP contribution is -2.34. The Bertz CT molecular complexity index is 297. The predicted octanol–water partition coefficient (Wildman–Crippen LogP) is 1.72. The molecule has 0 radical (unpaired) electrons. The van der Waals surface area contributed by atoms with E-state index in [4.69, 9.17) is 22.7 Å². The molecule has 1 fully saturated rings. The topological polar surface area (TPSA) is 55.6 Å². The zero-order chi connectivity index (χ0) is 13.5. The van der Waals surface area contributed by atoms with Gasteiger partial charge >= 0.3 is 0 Å². The highest BCUT2D eigenvalue weighted by molar-refractivity contribution is 7.80. The van der Waals surface area contributed by atoms with Crippen LogP contribution in [0, 0.1) is 5.92 Å². The Balaban J connectivity index is 2.21. The quantitative estimate of drug-likeness (QED) is 0.748. The van der Waals surface area contributed by atoms with E-state index in [2.05, 4.69) is 6.92 Å². The fraction of sp³-hybridized carbons (Fsp3) is 0.846. The molecule has 0 aromatic rings. The Morgan fingerprint density at radius 3 is 2.83 bits per heavy atom. The van der Waals surface area contributed by atoms with Crippen LogP contribution in [0.5, 0.6) is 0 Å². The monoisotopic (exact) mass is 272 g/mol. The molecule has 2 atom stereocenters. The summed E-state index contributed by atoms with van der Waals surface area (Å²) < 4.78 is 5.69. The van der Waals surface area contributed by atoms with Gasteiger partial charge in [0.1, 0.15) is 6.61 Å². The third-order valence-corrected chi connectivity index (χ3v) is 3.65. The fourth-order valence-electron chi connectivity index (χ4n) is 2.23. The number of hydrogen-bond acceptors (Lipinski definition) is 3. The highest BCUT2D eigenvalue weighted by Crippen LogP contribution is 2.25. The maximum absolute atomic E-state index is 11.8. The van der Waals surface area contributed by atoms with Gasteiger partial charge in [0, 0.05) is 20.0 Å². The molecule has 0 aromatic carbocycles. The van der Waals surface area contributed by atoms with Crippen molar-refractivity contribution in [1.82, 2.24) is 4.90 Å². The maximum Gasteiger partial charge on any atom is 0.248 e. The molecule has 0 heterocycles. The largest absolute Gasteiger partial charge is 0.393 e. The van der Waals surface area contributed by atoms with Crippen LogP contribution in [0.25, 0.3) is 0 Å². The lowest BCUT2D eigenvalue weighted by Gasteiger charge is -2.27. The molecular formula is C13H24N2O2S. The number of hydrogen-bond donors (Lipinski definition) is 1. The number of nitrogens with zero attached hydrogens (tertiary/aromatic N) is 1. The van der Waals surface area contributed by atoms with E-state index in [1.807, 2.05) is 0 Å². The Morgan fingerprint density at radius 2 is 2.22 bits per heavy atom. The van der Waals surface area contributed by atoms with Crippen molar-refractivity contribution in [2.24, 2.45) is 11.7 Å². The SMILES string of the molecule is CC1CCCC(OCC(=O)N(C)CCC(N)=S)C1. The Kier molecular flexibility index (Phi) is 6.57. The molecule has 0 saturated heterocycles. The summed E-state index contributed by atoms with van der Waals surface area (Å²) in [4.78, 5) is 13.9. The van der Waals surface area contributed by atoms with Gasteiger partial charge in [-0.15, -0.1) is 0 Å². The van der Waals surface area contributed by atoms with Gasteiger partial charge in [-0.05, 0) is 18.8 Å². The number of likely N-dealkylation sites (N-methyl/N-ethyl adjacent to an activating group) is 1. The van der Waals surface area contributed by atoms with Gasteiger partial charge in [-0.2, -0.15) is 0 Å². The number of ether oxygens (including phenoxy) is 1. The molecule has 1 aliphatic rings. The van der Waals surface area contributed by atoms with Gasteiger partial charge in [-0.25, -0.2) is 0 Å². The van der Waals surface area contributed by atoms with E-state index in [0.717, 1.165) is 12.8 Å². The van der Waals surface area contributed by atoms with Crippen LogP contribution in [0.15, 0.2) is 0 Å². The second-order valence-electron chi connectivity index (χ2n) is 5.24. The van der Waals surface area contributed by atoms with E-state index in [1.54, 1.807) is 11.9 Å². The third kappa shape index (κ3) is 5.78. The van der Waals surface area contributed by atoms with Crippen LogP contribution in [0.1, 0.15) is 39.0 Å². The number of thiocarbonyl (C=S) groups is 1. The van der Waals surface area contributed by atoms with Crippen molar-refractivity contribution in [2.45, 2.75) is 45.1 Å². The van der Waals surface area contributed by atoms with Crippen molar-refractivity contribution < 1.29 is 9.53 Å². The fourth-order valence-corrected chi connectivity index (χ4v) is 2.32. The summed E-state index contributed by atoms with van der Waals surface area (Å²) in [5, 5.41) is 0. The van der Waals surface area contributed by atoms with Crippen LogP contribution in [-0.2, 0) is 9.53 Å². The Labute approximate surface area is 115 Å². The average Bonchev–Trinajstić information content (AvgIpc) is 2.33. The van der Waals surface area contributed by atoms with E-state index >= 15 is 0 Å². The second-order valence-corrected chi connectivity index (χ2v) is 5.76. The van der Waals surface area contributed by atoms with Crippen molar-refractivity contribution in [3.8, 4) is 0 Å². The first-order valence-corrected chi connectivity index (χ1v) is 7.03. The minimum absolute atomic E-state index is 0.00414. The maximum atomic E-state index is 11.8. The summed E-state index contributed by atoms with van der Waals surface area (Å²) in [6, 6.07) is 0. The molecule has 1 amide bonds. The molecule has 1 saturated carbocycles. The van der Waals surface area contributed by atoms with Crippen LogP contribution in [0.2, 0.25) is 0 Å². The van der Waals surface area contributed by atoms with Crippen molar-refractivity contribution in [3.05, 3.63) is 0 Å². The van der Waals surface area contributed by atoms with Crippen LogP contribution in [0.4, 0.5) is 0 Å². The first-order valence-electron chi connectivity index (χ1n) is 6.63. The van der Waals surface area contributed by atoms with E-state index in [0.29, 0.717) is 23.9 Å². The number of carbonyl (C=O) groups is 1. The molecule has 1 aliphatic carbocycles. The number of rotatable bonds is 6. The van der Waals surface area contributed by atoms with Gasteiger partial charge in [-0.1, -0.05) is 32.0 Å². The summed E-state index contributed by atoms with van der Waals surface area (Å²) in [6.07, 6.45) is 5.46. The predicted molar refractivity (Wildman–Crippen MR) is 76.4 cm³/mol. The molecule has 4 nitrogen and oxygen atoms in total. The van der Waals surface area contributed by atoms with Gasteiger partial charge in [0.25, 0.3) is 0 Å². The van der Waals surface area contributed by atoms with Crippen LogP contribution in [0.3, 0.4) is 0 Å². The highest BCUT2D eigenvalue weighted by atomic mass is 32.1. The molecule has 0 aliphatic heterocycles. The minimum atomic E-state index is 0.00414. The van der Waals surface area contributed by atoms with Crippen molar-refractivity contribution in [2.75, 3.05) is 20.2 Å². The van der Waals surface area contributed by atoms with Crippen molar-refractivity contribution in [3.63, 3.8) is 0 Å². The van der Waals surface area contributed by atoms with E-state index in [1.165, 1.54) is 12.8 Å². The summed E-state index contributed by atoms with van der Waals surface area (Å²) in [5.74, 6) is 0.718. The van der Waals surface area contributed by atoms with Crippen molar-refractivity contribution in [1.29, 1.82) is 0 Å². The van der Waals surface area contributed by atoms with Gasteiger partial charge in [-0.3, -0.25) is 4.79 Å². The molecule has 1 rings (SSSR count). The average molecular weight is 272 g/mol. The third-order valence-electron chi connectivity index (χ3n) is 3.45. The van der Waals surface area contributed by atoms with E-state index in [9.17, 15) is 4.79 Å². The van der Waals surface area contributed by atoms with Gasteiger partial charge in [0.05, 0.1) is 11.1 Å². The zero-order valence-corrected chi connectivity index (χ0v) is 12.2. The first-order chi connectivity index (χ1) is 8.49. The van der Waals surface area contributed by atoms with Crippen LogP contribution >= 0.6 is 12.2 Å². The molecule has 2 N–H and O–H groups in total. The first kappa shape index (κ1) is 15.4. The molecule has 0 aromatic heterocycles.